The van der Waals surface area contributed by atoms with E-state index >= 15 is 0 Å². The fraction of sp³-hybridized carbons (Fsp3) is 0.556. The van der Waals surface area contributed by atoms with E-state index in [9.17, 15) is 14.3 Å². The Morgan fingerprint density at radius 2 is 1.84 bits per heavy atom. The highest BCUT2D eigenvalue weighted by Crippen LogP contribution is 2.50. The average Bonchev–Trinajstić information content (AvgIpc) is 3.59. The molecule has 6 nitrogen and oxygen atoms in total. The minimum Gasteiger partial charge on any atom is -0.480 e. The standard InChI is InChI=1S/C36H47FN4O2/c1-3-36(16-9-17-36)34(35(42)43)40-24-30(32(25-40)28-12-8-13-31(37)21-28)23-39-18-14-27(15-19-39)33-29(22-38-41(33)4-2)20-26-10-6-5-7-11-26/h5-8,10-13,21-22,27,30,32,34H,3-4,9,14-20,23-25H2,1-2H3,(H,42,43)/t30-,32+,34-/m0/s1. The Kier molecular flexibility index (Phi) is 9.01. The molecule has 1 aromatic heterocycles. The number of aromatic nitrogens is 2. The molecule has 0 spiro atoms. The Balaban J connectivity index is 1.17. The summed E-state index contributed by atoms with van der Waals surface area (Å²) in [7, 11) is 0. The minimum atomic E-state index is -0.695. The summed E-state index contributed by atoms with van der Waals surface area (Å²) < 4.78 is 16.6. The largest absolute Gasteiger partial charge is 0.480 e. The van der Waals surface area contributed by atoms with E-state index in [0.29, 0.717) is 12.5 Å². The fourth-order valence-electron chi connectivity index (χ4n) is 8.50. The van der Waals surface area contributed by atoms with E-state index < -0.39 is 12.0 Å². The Bertz CT molecular complexity index is 1370. The molecule has 230 valence electrons. The van der Waals surface area contributed by atoms with E-state index in [2.05, 4.69) is 64.9 Å². The maximum Gasteiger partial charge on any atom is 0.321 e. The number of aliphatic carboxylic acids is 1. The summed E-state index contributed by atoms with van der Waals surface area (Å²) in [6.07, 6.45) is 9.13. The summed E-state index contributed by atoms with van der Waals surface area (Å²) in [5.41, 5.74) is 4.92. The maximum atomic E-state index is 14.4. The van der Waals surface area contributed by atoms with E-state index in [0.717, 1.165) is 83.2 Å². The molecule has 1 N–H and O–H groups in total. The van der Waals surface area contributed by atoms with Gasteiger partial charge in [-0.1, -0.05) is 55.8 Å². The third kappa shape index (κ3) is 6.16. The van der Waals surface area contributed by atoms with Crippen molar-refractivity contribution in [2.45, 2.75) is 83.2 Å². The van der Waals surface area contributed by atoms with Gasteiger partial charge in [0.05, 0.1) is 6.20 Å². The van der Waals surface area contributed by atoms with Crippen molar-refractivity contribution in [1.29, 1.82) is 0 Å². The van der Waals surface area contributed by atoms with Crippen LogP contribution in [0.1, 0.15) is 86.6 Å². The van der Waals surface area contributed by atoms with Gasteiger partial charge in [-0.05, 0) is 92.3 Å². The molecule has 3 fully saturated rings. The van der Waals surface area contributed by atoms with Gasteiger partial charge in [0, 0.05) is 50.1 Å². The van der Waals surface area contributed by atoms with Crippen LogP contribution >= 0.6 is 0 Å². The van der Waals surface area contributed by atoms with Gasteiger partial charge >= 0.3 is 5.97 Å². The Labute approximate surface area is 255 Å². The second-order valence-electron chi connectivity index (χ2n) is 13.3. The molecule has 0 bridgehead atoms. The number of hydrogen-bond acceptors (Lipinski definition) is 4. The van der Waals surface area contributed by atoms with Crippen LogP contribution in [-0.4, -0.2) is 69.4 Å². The molecule has 3 atom stereocenters. The van der Waals surface area contributed by atoms with Crippen molar-refractivity contribution >= 4 is 5.97 Å². The van der Waals surface area contributed by atoms with Crippen LogP contribution in [0.3, 0.4) is 0 Å². The van der Waals surface area contributed by atoms with Crippen LogP contribution in [0.2, 0.25) is 0 Å². The molecule has 2 aliphatic heterocycles. The van der Waals surface area contributed by atoms with Gasteiger partial charge < -0.3 is 10.0 Å². The molecule has 0 amide bonds. The first-order valence-corrected chi connectivity index (χ1v) is 16.4. The lowest BCUT2D eigenvalue weighted by Crippen LogP contribution is -2.55. The number of nitrogens with zero attached hydrogens (tertiary/aromatic N) is 4. The second kappa shape index (κ2) is 12.9. The number of piperidine rings is 1. The highest BCUT2D eigenvalue weighted by atomic mass is 19.1. The van der Waals surface area contributed by atoms with E-state index in [4.69, 9.17) is 5.10 Å². The zero-order chi connectivity index (χ0) is 30.0. The molecule has 1 saturated carbocycles. The number of carboxylic acids is 1. The van der Waals surface area contributed by atoms with Gasteiger partial charge in [0.25, 0.3) is 0 Å². The Morgan fingerprint density at radius 3 is 2.47 bits per heavy atom. The molecule has 0 radical (unpaired) electrons. The van der Waals surface area contributed by atoms with Gasteiger partial charge in [0.1, 0.15) is 11.9 Å². The molecule has 7 heteroatoms. The summed E-state index contributed by atoms with van der Waals surface area (Å²) in [6, 6.07) is 17.2. The number of likely N-dealkylation sites (tertiary alicyclic amines) is 2. The Hall–Kier alpha value is -3.03. The zero-order valence-corrected chi connectivity index (χ0v) is 25.8. The molecule has 0 unspecified atom stereocenters. The number of halogens is 1. The van der Waals surface area contributed by atoms with Gasteiger partial charge in [-0.25, -0.2) is 4.39 Å². The van der Waals surface area contributed by atoms with Gasteiger partial charge in [-0.3, -0.25) is 14.4 Å². The molecule has 1 aliphatic carbocycles. The SMILES string of the molecule is CCn1ncc(Cc2ccccc2)c1C1CCN(C[C@H]2CN([C@@H](C(=O)O)C3(CC)CCC3)C[C@@H]2c2cccc(F)c2)CC1. The van der Waals surface area contributed by atoms with Crippen LogP contribution in [0.4, 0.5) is 4.39 Å². The highest BCUT2D eigenvalue weighted by molar-refractivity contribution is 5.75. The molecule has 43 heavy (non-hydrogen) atoms. The third-order valence-corrected chi connectivity index (χ3v) is 10.9. The van der Waals surface area contributed by atoms with E-state index in [1.807, 2.05) is 6.07 Å². The lowest BCUT2D eigenvalue weighted by molar-refractivity contribution is -0.152. The van der Waals surface area contributed by atoms with Crippen molar-refractivity contribution in [3.63, 3.8) is 0 Å². The molecule has 3 aliphatic rings. The number of carbonyl (C=O) groups is 1. The second-order valence-corrected chi connectivity index (χ2v) is 13.3. The number of hydrogen-bond donors (Lipinski definition) is 1. The van der Waals surface area contributed by atoms with Crippen LogP contribution in [0.25, 0.3) is 0 Å². The lowest BCUT2D eigenvalue weighted by Gasteiger charge is -2.48. The van der Waals surface area contributed by atoms with Gasteiger partial charge in [0.2, 0.25) is 0 Å². The quantitative estimate of drug-likeness (QED) is 0.276. The molecule has 3 heterocycles. The van der Waals surface area contributed by atoms with Gasteiger partial charge in [-0.15, -0.1) is 0 Å². The van der Waals surface area contributed by atoms with Crippen LogP contribution in [0.15, 0.2) is 60.8 Å². The lowest BCUT2D eigenvalue weighted by atomic mass is 9.62. The number of benzene rings is 2. The minimum absolute atomic E-state index is 0.128. The first-order chi connectivity index (χ1) is 20.9. The first kappa shape index (κ1) is 30.0. The molecule has 6 rings (SSSR count). The molecule has 3 aromatic rings. The smallest absolute Gasteiger partial charge is 0.321 e. The number of carboxylic acid groups (broad SMARTS) is 1. The monoisotopic (exact) mass is 586 g/mol. The van der Waals surface area contributed by atoms with Crippen molar-refractivity contribution < 1.29 is 14.3 Å². The predicted molar refractivity (Wildman–Crippen MR) is 168 cm³/mol. The highest BCUT2D eigenvalue weighted by Gasteiger charge is 2.52. The zero-order valence-electron chi connectivity index (χ0n) is 25.8. The summed E-state index contributed by atoms with van der Waals surface area (Å²) in [5.74, 6) is -0.0313. The number of rotatable bonds is 11. The molecule has 2 saturated heterocycles. The van der Waals surface area contributed by atoms with Crippen LogP contribution in [-0.2, 0) is 17.8 Å². The summed E-state index contributed by atoms with van der Waals surface area (Å²) in [5, 5.41) is 15.2. The summed E-state index contributed by atoms with van der Waals surface area (Å²) in [4.78, 5) is 17.5. The van der Waals surface area contributed by atoms with Crippen molar-refractivity contribution in [3.05, 3.63) is 89.0 Å². The molecular formula is C36H47FN4O2. The van der Waals surface area contributed by atoms with E-state index in [1.165, 1.54) is 22.9 Å². The maximum absolute atomic E-state index is 14.4. The molecule has 2 aromatic carbocycles. The van der Waals surface area contributed by atoms with Crippen molar-refractivity contribution in [2.75, 3.05) is 32.7 Å². The van der Waals surface area contributed by atoms with E-state index in [1.54, 1.807) is 12.1 Å². The summed E-state index contributed by atoms with van der Waals surface area (Å²) in [6.45, 7) is 9.57. The van der Waals surface area contributed by atoms with Gasteiger partial charge in [0.15, 0.2) is 0 Å². The predicted octanol–water partition coefficient (Wildman–Crippen LogP) is 6.56. The normalized spacial score (nSPS) is 23.7. The van der Waals surface area contributed by atoms with E-state index in [-0.39, 0.29) is 23.1 Å². The summed E-state index contributed by atoms with van der Waals surface area (Å²) >= 11 is 0. The number of aryl methyl sites for hydroxylation is 1. The van der Waals surface area contributed by atoms with Crippen LogP contribution in [0.5, 0.6) is 0 Å². The fourth-order valence-corrected chi connectivity index (χ4v) is 8.50. The topological polar surface area (TPSA) is 61.6 Å². The van der Waals surface area contributed by atoms with Crippen LogP contribution < -0.4 is 0 Å². The van der Waals surface area contributed by atoms with Gasteiger partial charge in [-0.2, -0.15) is 5.10 Å². The Morgan fingerprint density at radius 1 is 1.07 bits per heavy atom. The third-order valence-electron chi connectivity index (χ3n) is 10.9. The van der Waals surface area contributed by atoms with Crippen LogP contribution in [0, 0.1) is 17.2 Å². The van der Waals surface area contributed by atoms with Crippen molar-refractivity contribution in [1.82, 2.24) is 19.6 Å². The molecular weight excluding hydrogens is 539 g/mol. The van der Waals surface area contributed by atoms with Crippen molar-refractivity contribution in [3.8, 4) is 0 Å². The average molecular weight is 587 g/mol. The first-order valence-electron chi connectivity index (χ1n) is 16.4. The van der Waals surface area contributed by atoms with Crippen molar-refractivity contribution in [2.24, 2.45) is 11.3 Å².